The number of rotatable bonds is 3. The van der Waals surface area contributed by atoms with Crippen LogP contribution in [0.4, 0.5) is 8.78 Å². The lowest BCUT2D eigenvalue weighted by molar-refractivity contribution is -0.0500. The number of nitrogens with zero attached hydrogens (tertiary/aromatic N) is 2. The molecule has 19 heavy (non-hydrogen) atoms. The first-order valence-electron chi connectivity index (χ1n) is 5.72. The number of halogens is 2. The van der Waals surface area contributed by atoms with E-state index < -0.39 is 6.61 Å². The van der Waals surface area contributed by atoms with Gasteiger partial charge < -0.3 is 9.15 Å². The molecule has 4 nitrogen and oxygen atoms in total. The van der Waals surface area contributed by atoms with Gasteiger partial charge in [-0.05, 0) is 6.07 Å². The summed E-state index contributed by atoms with van der Waals surface area (Å²) < 4.78 is 33.9. The van der Waals surface area contributed by atoms with Crippen molar-refractivity contribution in [3.63, 3.8) is 0 Å². The van der Waals surface area contributed by atoms with Crippen molar-refractivity contribution in [1.82, 2.24) is 9.97 Å². The lowest BCUT2D eigenvalue weighted by Crippen LogP contribution is -2.11. The van der Waals surface area contributed by atoms with Crippen molar-refractivity contribution >= 4 is 0 Å². The molecule has 0 saturated carbocycles. The number of oxazole rings is 1. The van der Waals surface area contributed by atoms with Gasteiger partial charge in [-0.2, -0.15) is 8.78 Å². The number of aromatic nitrogens is 2. The topological polar surface area (TPSA) is 48.2 Å². The molecule has 2 rings (SSSR count). The van der Waals surface area contributed by atoms with Gasteiger partial charge in [-0.15, -0.1) is 0 Å². The molecule has 0 aliphatic rings. The molecule has 6 heteroatoms. The summed E-state index contributed by atoms with van der Waals surface area (Å²) in [6.07, 6.45) is 4.25. The third-order valence-corrected chi connectivity index (χ3v) is 2.46. The van der Waals surface area contributed by atoms with Crippen LogP contribution in [0.25, 0.3) is 11.5 Å². The Kier molecular flexibility index (Phi) is 3.50. The number of hydrogen-bond donors (Lipinski definition) is 0. The van der Waals surface area contributed by atoms with Crippen LogP contribution >= 0.6 is 0 Å². The highest BCUT2D eigenvalue weighted by molar-refractivity contribution is 5.54. The van der Waals surface area contributed by atoms with Crippen LogP contribution in [-0.2, 0) is 5.41 Å². The molecule has 2 heterocycles. The fraction of sp³-hybridized carbons (Fsp3) is 0.385. The van der Waals surface area contributed by atoms with Crippen molar-refractivity contribution in [3.8, 4) is 17.2 Å². The van der Waals surface area contributed by atoms with Gasteiger partial charge in [0.1, 0.15) is 12.0 Å². The van der Waals surface area contributed by atoms with Crippen LogP contribution in [0.2, 0.25) is 0 Å². The predicted molar refractivity (Wildman–Crippen MR) is 65.1 cm³/mol. The molecular weight excluding hydrogens is 254 g/mol. The van der Waals surface area contributed by atoms with E-state index in [4.69, 9.17) is 4.42 Å². The van der Waals surface area contributed by atoms with E-state index in [1.54, 1.807) is 6.26 Å². The first kappa shape index (κ1) is 13.5. The van der Waals surface area contributed by atoms with E-state index in [-0.39, 0.29) is 11.2 Å². The minimum Gasteiger partial charge on any atom is -0.444 e. The maximum Gasteiger partial charge on any atom is 0.387 e. The average molecular weight is 268 g/mol. The molecule has 0 atom stereocenters. The maximum absolute atomic E-state index is 12.1. The summed E-state index contributed by atoms with van der Waals surface area (Å²) in [4.78, 5) is 8.15. The van der Waals surface area contributed by atoms with Gasteiger partial charge in [-0.3, -0.25) is 4.98 Å². The van der Waals surface area contributed by atoms with E-state index in [1.807, 2.05) is 20.8 Å². The van der Waals surface area contributed by atoms with Crippen molar-refractivity contribution in [2.24, 2.45) is 0 Å². The zero-order valence-corrected chi connectivity index (χ0v) is 10.9. The molecule has 0 bridgehead atoms. The van der Waals surface area contributed by atoms with Gasteiger partial charge in [0.15, 0.2) is 0 Å². The third kappa shape index (κ3) is 3.27. The van der Waals surface area contributed by atoms with Crippen molar-refractivity contribution in [1.29, 1.82) is 0 Å². The Hall–Kier alpha value is -1.98. The highest BCUT2D eigenvalue weighted by atomic mass is 19.3. The number of ether oxygens (including phenoxy) is 1. The summed E-state index contributed by atoms with van der Waals surface area (Å²) in [5.41, 5.74) is 1.13. The highest BCUT2D eigenvalue weighted by Gasteiger charge is 2.19. The molecule has 0 amide bonds. The first-order valence-corrected chi connectivity index (χ1v) is 5.72. The third-order valence-electron chi connectivity index (χ3n) is 2.46. The van der Waals surface area contributed by atoms with E-state index >= 15 is 0 Å². The van der Waals surface area contributed by atoms with Crippen LogP contribution in [0, 0.1) is 0 Å². The minimum atomic E-state index is -2.88. The van der Waals surface area contributed by atoms with Crippen molar-refractivity contribution in [3.05, 3.63) is 30.4 Å². The second-order valence-electron chi connectivity index (χ2n) is 5.08. The van der Waals surface area contributed by atoms with Crippen LogP contribution < -0.4 is 4.74 Å². The standard InChI is InChI=1S/C13H14F2N2O2/c1-13(2,3)10-7-18-11(17-10)8-4-9(6-16-5-8)19-12(14)15/h4-7,12H,1-3H3. The molecule has 102 valence electrons. The van der Waals surface area contributed by atoms with Gasteiger partial charge in [0, 0.05) is 11.6 Å². The smallest absolute Gasteiger partial charge is 0.387 e. The SMILES string of the molecule is CC(C)(C)c1coc(-c2cncc(OC(F)F)c2)n1. The summed E-state index contributed by atoms with van der Waals surface area (Å²) in [5, 5.41) is 0. The summed E-state index contributed by atoms with van der Waals surface area (Å²) >= 11 is 0. The maximum atomic E-state index is 12.1. The van der Waals surface area contributed by atoms with Crippen molar-refractivity contribution < 1.29 is 17.9 Å². The van der Waals surface area contributed by atoms with E-state index in [0.29, 0.717) is 11.5 Å². The molecule has 0 fully saturated rings. The number of alkyl halides is 2. The lowest BCUT2D eigenvalue weighted by Gasteiger charge is -2.12. The summed E-state index contributed by atoms with van der Waals surface area (Å²) in [5.74, 6) is 0.306. The van der Waals surface area contributed by atoms with E-state index in [9.17, 15) is 8.78 Å². The monoisotopic (exact) mass is 268 g/mol. The molecule has 0 radical (unpaired) electrons. The normalized spacial score (nSPS) is 11.9. The molecule has 0 N–H and O–H groups in total. The average Bonchev–Trinajstić information content (AvgIpc) is 2.77. The van der Waals surface area contributed by atoms with E-state index in [0.717, 1.165) is 5.69 Å². The molecular formula is C13H14F2N2O2. The zero-order chi connectivity index (χ0) is 14.0. The Morgan fingerprint density at radius 2 is 2.00 bits per heavy atom. The lowest BCUT2D eigenvalue weighted by atomic mass is 9.93. The molecule has 2 aromatic heterocycles. The predicted octanol–water partition coefficient (Wildman–Crippen LogP) is 3.64. The van der Waals surface area contributed by atoms with E-state index in [2.05, 4.69) is 14.7 Å². The number of pyridine rings is 1. The fourth-order valence-electron chi connectivity index (χ4n) is 1.45. The van der Waals surface area contributed by atoms with Crippen molar-refractivity contribution in [2.45, 2.75) is 32.8 Å². The Bertz CT molecular complexity index is 562. The second-order valence-corrected chi connectivity index (χ2v) is 5.08. The number of hydrogen-bond acceptors (Lipinski definition) is 4. The Labute approximate surface area is 109 Å². The van der Waals surface area contributed by atoms with Crippen LogP contribution in [0.1, 0.15) is 26.5 Å². The quantitative estimate of drug-likeness (QED) is 0.852. The molecule has 0 aliphatic carbocycles. The molecule has 0 aromatic carbocycles. The van der Waals surface area contributed by atoms with Crippen molar-refractivity contribution in [2.75, 3.05) is 0 Å². The van der Waals surface area contributed by atoms with Crippen LogP contribution in [0.3, 0.4) is 0 Å². The van der Waals surface area contributed by atoms with Gasteiger partial charge in [0.05, 0.1) is 17.5 Å². The fourth-order valence-corrected chi connectivity index (χ4v) is 1.45. The van der Waals surface area contributed by atoms with Crippen LogP contribution in [0.15, 0.2) is 29.1 Å². The van der Waals surface area contributed by atoms with Gasteiger partial charge in [0.25, 0.3) is 0 Å². The zero-order valence-electron chi connectivity index (χ0n) is 10.9. The van der Waals surface area contributed by atoms with Gasteiger partial charge in [-0.25, -0.2) is 4.98 Å². The van der Waals surface area contributed by atoms with Gasteiger partial charge in [0.2, 0.25) is 5.89 Å². The molecule has 0 saturated heterocycles. The Balaban J connectivity index is 2.29. The Morgan fingerprint density at radius 3 is 2.58 bits per heavy atom. The second kappa shape index (κ2) is 4.95. The first-order chi connectivity index (χ1) is 8.86. The van der Waals surface area contributed by atoms with E-state index in [1.165, 1.54) is 18.5 Å². The Morgan fingerprint density at radius 1 is 1.26 bits per heavy atom. The van der Waals surface area contributed by atoms with Gasteiger partial charge in [-0.1, -0.05) is 20.8 Å². The highest BCUT2D eigenvalue weighted by Crippen LogP contribution is 2.27. The summed E-state index contributed by atoms with van der Waals surface area (Å²) in [6, 6.07) is 1.41. The molecule has 0 aliphatic heterocycles. The van der Waals surface area contributed by atoms with Gasteiger partial charge >= 0.3 is 6.61 Å². The largest absolute Gasteiger partial charge is 0.444 e. The van der Waals surface area contributed by atoms with Crippen LogP contribution in [-0.4, -0.2) is 16.6 Å². The van der Waals surface area contributed by atoms with Crippen LogP contribution in [0.5, 0.6) is 5.75 Å². The minimum absolute atomic E-state index is 0.0250. The summed E-state index contributed by atoms with van der Waals surface area (Å²) in [7, 11) is 0. The summed E-state index contributed by atoms with van der Waals surface area (Å²) in [6.45, 7) is 3.13. The molecule has 0 spiro atoms. The molecule has 2 aromatic rings. The molecule has 0 unspecified atom stereocenters.